The van der Waals surface area contributed by atoms with Crippen molar-refractivity contribution in [3.63, 3.8) is 0 Å². The van der Waals surface area contributed by atoms with Crippen molar-refractivity contribution in [2.45, 2.75) is 24.5 Å². The largest absolute Gasteiger partial charge is 0.387 e. The van der Waals surface area contributed by atoms with Crippen molar-refractivity contribution in [1.82, 2.24) is 24.8 Å². The van der Waals surface area contributed by atoms with Crippen LogP contribution in [-0.2, 0) is 4.74 Å². The zero-order chi connectivity index (χ0) is 17.1. The minimum Gasteiger partial charge on any atom is -0.387 e. The van der Waals surface area contributed by atoms with Gasteiger partial charge < -0.3 is 26.0 Å². The summed E-state index contributed by atoms with van der Waals surface area (Å²) in [6.07, 6.45) is 2.10. The molecule has 1 fully saturated rings. The van der Waals surface area contributed by atoms with Crippen molar-refractivity contribution >= 4 is 17.0 Å². The van der Waals surface area contributed by atoms with Gasteiger partial charge in [-0.3, -0.25) is 4.57 Å². The molecular weight excluding hydrogens is 314 g/mol. The number of aliphatic hydroxyl groups excluding tert-OH is 2. The summed E-state index contributed by atoms with van der Waals surface area (Å²) in [6.45, 7) is 0.771. The van der Waals surface area contributed by atoms with Crippen LogP contribution in [0.15, 0.2) is 24.8 Å². The Morgan fingerprint density at radius 2 is 2.21 bits per heavy atom. The lowest BCUT2D eigenvalue weighted by Gasteiger charge is -2.16. The molecule has 24 heavy (non-hydrogen) atoms. The summed E-state index contributed by atoms with van der Waals surface area (Å²) in [4.78, 5) is 12.1. The van der Waals surface area contributed by atoms with Crippen LogP contribution in [0.25, 0.3) is 11.2 Å². The van der Waals surface area contributed by atoms with Crippen molar-refractivity contribution in [1.29, 1.82) is 5.26 Å². The van der Waals surface area contributed by atoms with E-state index in [2.05, 4.69) is 20.3 Å². The molecule has 0 spiro atoms. The van der Waals surface area contributed by atoms with Crippen molar-refractivity contribution in [3.05, 3.63) is 24.8 Å². The Hall–Kier alpha value is -2.58. The Kier molecular flexibility index (Phi) is 4.68. The number of aliphatic hydroxyl groups is 2. The first-order chi connectivity index (χ1) is 11.6. The number of hydrogen-bond acceptors (Lipinski definition) is 9. The number of nitrogens with two attached hydrogens (primary N) is 1. The third-order valence-corrected chi connectivity index (χ3v) is 3.80. The molecule has 0 unspecified atom stereocenters. The molecule has 3 heterocycles. The quantitative estimate of drug-likeness (QED) is 0.386. The predicted molar refractivity (Wildman–Crippen MR) is 83.3 cm³/mol. The summed E-state index contributed by atoms with van der Waals surface area (Å²) in [5.41, 5.74) is 6.57. The molecule has 0 aliphatic carbocycles. The van der Waals surface area contributed by atoms with E-state index in [9.17, 15) is 10.2 Å². The number of nitrogen functional groups attached to an aromatic ring is 1. The van der Waals surface area contributed by atoms with Gasteiger partial charge in [-0.15, -0.1) is 0 Å². The first-order valence-corrected chi connectivity index (χ1v) is 7.33. The summed E-state index contributed by atoms with van der Waals surface area (Å²) in [5.74, 6) is 0.231. The van der Waals surface area contributed by atoms with Gasteiger partial charge in [0.05, 0.1) is 12.4 Å². The van der Waals surface area contributed by atoms with Gasteiger partial charge in [-0.2, -0.15) is 5.26 Å². The fourth-order valence-electron chi connectivity index (χ4n) is 2.60. The molecule has 2 aromatic heterocycles. The maximum atomic E-state index is 10.3. The minimum atomic E-state index is -1.14. The van der Waals surface area contributed by atoms with Crippen LogP contribution in [0, 0.1) is 11.3 Å². The highest BCUT2D eigenvalue weighted by Gasteiger charge is 2.44. The first kappa shape index (κ1) is 16.3. The number of aromatic nitrogens is 4. The number of nitriles is 1. The zero-order valence-corrected chi connectivity index (χ0v) is 12.6. The third kappa shape index (κ3) is 2.93. The van der Waals surface area contributed by atoms with Gasteiger partial charge in [-0.05, 0) is 0 Å². The number of hydrogen-bond donors (Lipinski definition) is 4. The van der Waals surface area contributed by atoms with Crippen LogP contribution < -0.4 is 11.1 Å². The maximum Gasteiger partial charge on any atom is 0.167 e. The Morgan fingerprint density at radius 3 is 3.00 bits per heavy atom. The molecule has 126 valence electrons. The molecule has 10 nitrogen and oxygen atoms in total. The second-order valence-corrected chi connectivity index (χ2v) is 5.32. The normalized spacial score (nSPS) is 27.0. The molecule has 1 saturated heterocycles. The van der Waals surface area contributed by atoms with Crippen molar-refractivity contribution in [2.24, 2.45) is 0 Å². The highest BCUT2D eigenvalue weighted by molar-refractivity contribution is 5.81. The number of imidazole rings is 1. The topological polar surface area (TPSA) is 155 Å². The summed E-state index contributed by atoms with van der Waals surface area (Å²) < 4.78 is 7.28. The predicted octanol–water partition coefficient (Wildman–Crippen LogP) is -1.30. The van der Waals surface area contributed by atoms with Crippen molar-refractivity contribution in [3.8, 4) is 6.07 Å². The summed E-state index contributed by atoms with van der Waals surface area (Å²) >= 11 is 0. The van der Waals surface area contributed by atoms with Crippen molar-refractivity contribution < 1.29 is 14.9 Å². The fraction of sp³-hybridized carbons (Fsp3) is 0.429. The monoisotopic (exact) mass is 331 g/mol. The molecule has 5 N–H and O–H groups in total. The van der Waals surface area contributed by atoms with Gasteiger partial charge in [-0.25, -0.2) is 15.0 Å². The van der Waals surface area contributed by atoms with Gasteiger partial charge in [0.1, 0.15) is 30.2 Å². The van der Waals surface area contributed by atoms with Crippen LogP contribution in [0.5, 0.6) is 0 Å². The first-order valence-electron chi connectivity index (χ1n) is 7.33. The highest BCUT2D eigenvalue weighted by Crippen LogP contribution is 2.31. The number of anilines is 1. The Morgan fingerprint density at radius 1 is 1.38 bits per heavy atom. The van der Waals surface area contributed by atoms with Gasteiger partial charge in [0, 0.05) is 19.2 Å². The van der Waals surface area contributed by atoms with E-state index >= 15 is 0 Å². The van der Waals surface area contributed by atoms with E-state index in [1.54, 1.807) is 6.08 Å². The molecule has 0 saturated carbocycles. The van der Waals surface area contributed by atoms with E-state index in [0.29, 0.717) is 24.3 Å². The minimum absolute atomic E-state index is 0.231. The molecule has 0 amide bonds. The summed E-state index contributed by atoms with van der Waals surface area (Å²) in [6, 6.07) is 1.89. The number of fused-ring (bicyclic) bond motifs is 1. The SMILES string of the molecule is N#CC=CCNC[C@H]1O[C@@H](n2cnc3c(N)ncnc32)[C@H](O)[C@@H]1O. The Balaban J connectivity index is 1.73. The van der Waals surface area contributed by atoms with Crippen LogP contribution in [-0.4, -0.2) is 61.1 Å². The van der Waals surface area contributed by atoms with Gasteiger partial charge in [0.2, 0.25) is 0 Å². The standard InChI is InChI=1S/C14H17N7O3/c15-3-1-2-4-17-5-8-10(22)11(23)14(24-8)21-7-20-9-12(16)18-6-19-13(9)21/h1-2,6-8,10-11,14,17,22-23H,4-5H2,(H2,16,18,19)/t8-,10-,11-,14-/m1/s1. The van der Waals surface area contributed by atoms with Crippen LogP contribution in [0.4, 0.5) is 5.82 Å². The van der Waals surface area contributed by atoms with E-state index in [0.717, 1.165) is 0 Å². The lowest BCUT2D eigenvalue weighted by Crippen LogP contribution is -2.37. The van der Waals surface area contributed by atoms with E-state index < -0.39 is 24.5 Å². The smallest absolute Gasteiger partial charge is 0.167 e. The van der Waals surface area contributed by atoms with Crippen molar-refractivity contribution in [2.75, 3.05) is 18.8 Å². The molecule has 3 rings (SSSR count). The van der Waals surface area contributed by atoms with Gasteiger partial charge >= 0.3 is 0 Å². The number of rotatable bonds is 5. The molecule has 2 aromatic rings. The average molecular weight is 331 g/mol. The lowest BCUT2D eigenvalue weighted by atomic mass is 10.1. The van der Waals surface area contributed by atoms with Crippen LogP contribution in [0.3, 0.4) is 0 Å². The second-order valence-electron chi connectivity index (χ2n) is 5.32. The zero-order valence-electron chi connectivity index (χ0n) is 12.6. The molecule has 10 heteroatoms. The fourth-order valence-corrected chi connectivity index (χ4v) is 2.60. The molecular formula is C14H17N7O3. The molecule has 1 aliphatic heterocycles. The molecule has 0 aromatic carbocycles. The summed E-state index contributed by atoms with van der Waals surface area (Å²) in [7, 11) is 0. The third-order valence-electron chi connectivity index (χ3n) is 3.80. The molecule has 0 bridgehead atoms. The van der Waals surface area contributed by atoms with E-state index in [-0.39, 0.29) is 5.82 Å². The Bertz CT molecular complexity index is 784. The van der Waals surface area contributed by atoms with E-state index in [1.807, 2.05) is 6.07 Å². The number of allylic oxidation sites excluding steroid dienone is 1. The molecule has 1 aliphatic rings. The average Bonchev–Trinajstić information content (AvgIpc) is 3.12. The number of nitrogens with zero attached hydrogens (tertiary/aromatic N) is 5. The van der Waals surface area contributed by atoms with Crippen LogP contribution >= 0.6 is 0 Å². The molecule has 4 atom stereocenters. The van der Waals surface area contributed by atoms with Gasteiger partial charge in [-0.1, -0.05) is 6.08 Å². The van der Waals surface area contributed by atoms with Crippen LogP contribution in [0.2, 0.25) is 0 Å². The molecule has 0 radical (unpaired) electrons. The highest BCUT2D eigenvalue weighted by atomic mass is 16.6. The second kappa shape index (κ2) is 6.90. The van der Waals surface area contributed by atoms with Crippen LogP contribution in [0.1, 0.15) is 6.23 Å². The maximum absolute atomic E-state index is 10.3. The van der Waals surface area contributed by atoms with Gasteiger partial charge in [0.15, 0.2) is 17.7 Å². The Labute approximate surface area is 137 Å². The number of ether oxygens (including phenoxy) is 1. The summed E-state index contributed by atoms with van der Waals surface area (Å²) in [5, 5.41) is 31.9. The van der Waals surface area contributed by atoms with E-state index in [4.69, 9.17) is 15.7 Å². The van der Waals surface area contributed by atoms with E-state index in [1.165, 1.54) is 23.3 Å². The number of nitrogens with one attached hydrogen (secondary N) is 1. The lowest BCUT2D eigenvalue weighted by molar-refractivity contribution is -0.0339. The van der Waals surface area contributed by atoms with Gasteiger partial charge in [0.25, 0.3) is 0 Å².